The number of esters is 1. The summed E-state index contributed by atoms with van der Waals surface area (Å²) in [4.78, 5) is 25.4. The molecule has 1 amide bonds. The molecule has 2 aromatic rings. The molecule has 1 heterocycles. The summed E-state index contributed by atoms with van der Waals surface area (Å²) in [5.74, 6) is -0.276. The molecule has 6 nitrogen and oxygen atoms in total. The van der Waals surface area contributed by atoms with Crippen molar-refractivity contribution < 1.29 is 18.8 Å². The quantitative estimate of drug-likeness (QED) is 0.638. The lowest BCUT2D eigenvalue weighted by Gasteiger charge is -2.18. The number of hydrogen-bond donors (Lipinski definition) is 1. The lowest BCUT2D eigenvalue weighted by molar-refractivity contribution is -0.141. The van der Waals surface area contributed by atoms with Crippen molar-refractivity contribution in [3.8, 4) is 0 Å². The van der Waals surface area contributed by atoms with Crippen molar-refractivity contribution in [3.05, 3.63) is 46.8 Å². The normalized spacial score (nSPS) is 11.8. The molecule has 128 valence electrons. The van der Waals surface area contributed by atoms with E-state index in [4.69, 9.17) is 9.26 Å². The fourth-order valence-corrected chi connectivity index (χ4v) is 2.78. The van der Waals surface area contributed by atoms with Crippen molar-refractivity contribution in [2.24, 2.45) is 0 Å². The second-order valence-corrected chi connectivity index (χ2v) is 6.16. The zero-order valence-electron chi connectivity index (χ0n) is 14.1. The van der Waals surface area contributed by atoms with Gasteiger partial charge in [0.05, 0.1) is 25.3 Å². The highest BCUT2D eigenvalue weighted by Crippen LogP contribution is 2.23. The third kappa shape index (κ3) is 4.17. The maximum Gasteiger partial charge on any atom is 0.307 e. The summed E-state index contributed by atoms with van der Waals surface area (Å²) in [6, 6.07) is 7.20. The minimum Gasteiger partial charge on any atom is -0.469 e. The molecule has 1 aromatic carbocycles. The third-order valence-electron chi connectivity index (χ3n) is 3.68. The Kier molecular flexibility index (Phi) is 6.03. The van der Waals surface area contributed by atoms with Crippen molar-refractivity contribution in [2.45, 2.75) is 31.2 Å². The molecule has 1 aromatic heterocycles. The summed E-state index contributed by atoms with van der Waals surface area (Å²) in [6.07, 6.45) is 2.03. The highest BCUT2D eigenvalue weighted by molar-refractivity contribution is 7.98. The van der Waals surface area contributed by atoms with Crippen molar-refractivity contribution >= 4 is 23.6 Å². The first-order chi connectivity index (χ1) is 11.5. The zero-order valence-corrected chi connectivity index (χ0v) is 14.9. The van der Waals surface area contributed by atoms with Gasteiger partial charge < -0.3 is 14.6 Å². The minimum atomic E-state index is -0.491. The maximum atomic E-state index is 12.6. The SMILES string of the molecule is COC(=O)CC(NC(=O)c1c(C)noc1C)c1ccc(SC)cc1. The van der Waals surface area contributed by atoms with Crippen molar-refractivity contribution in [3.63, 3.8) is 0 Å². The summed E-state index contributed by atoms with van der Waals surface area (Å²) < 4.78 is 9.77. The van der Waals surface area contributed by atoms with Gasteiger partial charge in [-0.3, -0.25) is 9.59 Å². The number of nitrogens with one attached hydrogen (secondary N) is 1. The summed E-state index contributed by atoms with van der Waals surface area (Å²) in [5, 5.41) is 6.66. The third-order valence-corrected chi connectivity index (χ3v) is 4.43. The Bertz CT molecular complexity index is 705. The van der Waals surface area contributed by atoms with Crippen molar-refractivity contribution in [2.75, 3.05) is 13.4 Å². The average Bonchev–Trinajstić information content (AvgIpc) is 2.92. The van der Waals surface area contributed by atoms with Crippen LogP contribution in [0, 0.1) is 13.8 Å². The largest absolute Gasteiger partial charge is 0.469 e. The Balaban J connectivity index is 2.25. The van der Waals surface area contributed by atoms with Crippen LogP contribution < -0.4 is 5.32 Å². The maximum absolute atomic E-state index is 12.6. The van der Waals surface area contributed by atoms with Crippen LogP contribution in [0.1, 0.15) is 39.8 Å². The fraction of sp³-hybridized carbons (Fsp3) is 0.353. The van der Waals surface area contributed by atoms with E-state index in [9.17, 15) is 9.59 Å². The Hall–Kier alpha value is -2.28. The standard InChI is InChI=1S/C17H20N2O4S/c1-10-16(11(2)23-19-10)17(21)18-14(9-15(20)22-3)12-5-7-13(24-4)8-6-12/h5-8,14H,9H2,1-4H3,(H,18,21). The molecule has 0 saturated heterocycles. The molecule has 24 heavy (non-hydrogen) atoms. The number of nitrogens with zero attached hydrogens (tertiary/aromatic N) is 1. The van der Waals surface area contributed by atoms with Crippen LogP contribution in [-0.4, -0.2) is 30.4 Å². The number of methoxy groups -OCH3 is 1. The highest BCUT2D eigenvalue weighted by Gasteiger charge is 2.23. The molecule has 0 aliphatic carbocycles. The highest BCUT2D eigenvalue weighted by atomic mass is 32.2. The number of aromatic nitrogens is 1. The molecule has 0 saturated carbocycles. The molecule has 2 rings (SSSR count). The lowest BCUT2D eigenvalue weighted by Crippen LogP contribution is -2.31. The number of benzene rings is 1. The van der Waals surface area contributed by atoms with E-state index in [-0.39, 0.29) is 12.3 Å². The van der Waals surface area contributed by atoms with E-state index in [2.05, 4.69) is 10.5 Å². The Labute approximate surface area is 144 Å². The predicted octanol–water partition coefficient (Wildman–Crippen LogP) is 3.05. The van der Waals surface area contributed by atoms with Gasteiger partial charge in [-0.15, -0.1) is 11.8 Å². The molecule has 1 N–H and O–H groups in total. The van der Waals surface area contributed by atoms with Gasteiger partial charge in [-0.2, -0.15) is 0 Å². The molecule has 1 atom stereocenters. The number of rotatable bonds is 6. The van der Waals surface area contributed by atoms with Gasteiger partial charge in [-0.05, 0) is 37.8 Å². The van der Waals surface area contributed by atoms with Gasteiger partial charge in [0.2, 0.25) is 0 Å². The van der Waals surface area contributed by atoms with Crippen LogP contribution in [-0.2, 0) is 9.53 Å². The predicted molar refractivity (Wildman–Crippen MR) is 91.0 cm³/mol. The molecule has 0 spiro atoms. The molecule has 0 bridgehead atoms. The van der Waals surface area contributed by atoms with Gasteiger partial charge in [0.25, 0.3) is 5.91 Å². The van der Waals surface area contributed by atoms with Crippen LogP contribution in [0.2, 0.25) is 0 Å². The van der Waals surface area contributed by atoms with E-state index in [1.54, 1.807) is 25.6 Å². The topological polar surface area (TPSA) is 81.4 Å². The average molecular weight is 348 g/mol. The zero-order chi connectivity index (χ0) is 17.7. The van der Waals surface area contributed by atoms with E-state index in [1.165, 1.54) is 7.11 Å². The molecule has 1 unspecified atom stereocenters. The second-order valence-electron chi connectivity index (χ2n) is 5.28. The van der Waals surface area contributed by atoms with E-state index >= 15 is 0 Å². The van der Waals surface area contributed by atoms with Crippen LogP contribution in [0.3, 0.4) is 0 Å². The molecule has 0 aliphatic heterocycles. The molecule has 0 aliphatic rings. The number of aryl methyl sites for hydroxylation is 2. The molecule has 0 fully saturated rings. The van der Waals surface area contributed by atoms with E-state index < -0.39 is 12.0 Å². The lowest BCUT2D eigenvalue weighted by atomic mass is 10.0. The second kappa shape index (κ2) is 8.01. The smallest absolute Gasteiger partial charge is 0.307 e. The van der Waals surface area contributed by atoms with Crippen molar-refractivity contribution in [1.82, 2.24) is 10.5 Å². The van der Waals surface area contributed by atoms with Gasteiger partial charge in [-0.25, -0.2) is 0 Å². The molecule has 0 radical (unpaired) electrons. The van der Waals surface area contributed by atoms with Crippen LogP contribution in [0.4, 0.5) is 0 Å². The minimum absolute atomic E-state index is 0.0459. The van der Waals surface area contributed by atoms with Crippen LogP contribution in [0.15, 0.2) is 33.7 Å². The molecular formula is C17H20N2O4S. The van der Waals surface area contributed by atoms with Crippen LogP contribution in [0.5, 0.6) is 0 Å². The fourth-order valence-electron chi connectivity index (χ4n) is 2.38. The number of thioether (sulfide) groups is 1. The van der Waals surface area contributed by atoms with Crippen LogP contribution >= 0.6 is 11.8 Å². The monoisotopic (exact) mass is 348 g/mol. The number of ether oxygens (including phenoxy) is 1. The van der Waals surface area contributed by atoms with Gasteiger partial charge in [-0.1, -0.05) is 17.3 Å². The summed E-state index contributed by atoms with van der Waals surface area (Å²) in [5.41, 5.74) is 1.74. The van der Waals surface area contributed by atoms with Gasteiger partial charge in [0, 0.05) is 4.90 Å². The summed E-state index contributed by atoms with van der Waals surface area (Å²) >= 11 is 1.62. The number of carbonyl (C=O) groups is 2. The molecular weight excluding hydrogens is 328 g/mol. The summed E-state index contributed by atoms with van der Waals surface area (Å²) in [7, 11) is 1.33. The Morgan fingerprint density at radius 2 is 1.96 bits per heavy atom. The summed E-state index contributed by atoms with van der Waals surface area (Å²) in [6.45, 7) is 3.38. The van der Waals surface area contributed by atoms with E-state index in [0.29, 0.717) is 17.0 Å². The number of carbonyl (C=O) groups excluding carboxylic acids is 2. The van der Waals surface area contributed by atoms with Crippen LogP contribution in [0.25, 0.3) is 0 Å². The first-order valence-electron chi connectivity index (χ1n) is 7.40. The Morgan fingerprint density at radius 1 is 1.29 bits per heavy atom. The van der Waals surface area contributed by atoms with E-state index in [1.807, 2.05) is 30.5 Å². The van der Waals surface area contributed by atoms with E-state index in [0.717, 1.165) is 10.5 Å². The molecule has 7 heteroatoms. The van der Waals surface area contributed by atoms with Gasteiger partial charge in [0.1, 0.15) is 11.3 Å². The first kappa shape index (κ1) is 18.1. The van der Waals surface area contributed by atoms with Gasteiger partial charge >= 0.3 is 5.97 Å². The number of amides is 1. The Morgan fingerprint density at radius 3 is 2.46 bits per heavy atom. The van der Waals surface area contributed by atoms with Crippen molar-refractivity contribution in [1.29, 1.82) is 0 Å². The number of hydrogen-bond acceptors (Lipinski definition) is 6. The first-order valence-corrected chi connectivity index (χ1v) is 8.63. The van der Waals surface area contributed by atoms with Gasteiger partial charge in [0.15, 0.2) is 0 Å².